The summed E-state index contributed by atoms with van der Waals surface area (Å²) in [6, 6.07) is 7.88. The molecule has 1 aromatic carbocycles. The van der Waals surface area contributed by atoms with Crippen LogP contribution in [0.1, 0.15) is 25.7 Å². The number of rotatable bonds is 4. The number of hydrogen-bond donors (Lipinski definition) is 1. The summed E-state index contributed by atoms with van der Waals surface area (Å²) in [4.78, 5) is 14.3. The van der Waals surface area contributed by atoms with E-state index in [1.165, 1.54) is 18.5 Å². The van der Waals surface area contributed by atoms with Gasteiger partial charge in [0.05, 0.1) is 11.5 Å². The van der Waals surface area contributed by atoms with Gasteiger partial charge < -0.3 is 10.2 Å². The monoisotopic (exact) mass is 322 g/mol. The molecule has 1 aromatic rings. The summed E-state index contributed by atoms with van der Waals surface area (Å²) >= 11 is 0. The van der Waals surface area contributed by atoms with Crippen LogP contribution < -0.4 is 10.2 Å². The Morgan fingerprint density at radius 3 is 2.45 bits per heavy atom. The van der Waals surface area contributed by atoms with Crippen LogP contribution >= 0.6 is 0 Å². The van der Waals surface area contributed by atoms with Gasteiger partial charge in [0, 0.05) is 30.9 Å². The molecule has 3 rings (SSSR count). The van der Waals surface area contributed by atoms with E-state index in [0.29, 0.717) is 6.42 Å². The summed E-state index contributed by atoms with van der Waals surface area (Å²) < 4.78 is 22.8. The average molecular weight is 322 g/mol. The summed E-state index contributed by atoms with van der Waals surface area (Å²) in [7, 11) is -2.91. The van der Waals surface area contributed by atoms with E-state index in [-0.39, 0.29) is 29.8 Å². The Morgan fingerprint density at radius 2 is 1.86 bits per heavy atom. The zero-order valence-electron chi connectivity index (χ0n) is 12.6. The fourth-order valence-corrected chi connectivity index (χ4v) is 5.10. The van der Waals surface area contributed by atoms with E-state index in [9.17, 15) is 13.2 Å². The summed E-state index contributed by atoms with van der Waals surface area (Å²) in [6.45, 7) is 2.20. The van der Waals surface area contributed by atoms with Crippen molar-refractivity contribution < 1.29 is 13.2 Å². The number of hydrogen-bond acceptors (Lipinski definition) is 4. The van der Waals surface area contributed by atoms with Crippen molar-refractivity contribution in [3.05, 3.63) is 24.3 Å². The van der Waals surface area contributed by atoms with E-state index in [1.807, 2.05) is 24.3 Å². The van der Waals surface area contributed by atoms with Gasteiger partial charge in [-0.15, -0.1) is 0 Å². The fourth-order valence-electron chi connectivity index (χ4n) is 3.24. The first kappa shape index (κ1) is 15.3. The number of anilines is 2. The SMILES string of the molecule is O=C(C[C@@H]1CCS(=O)(=O)C1)Nc1ccc(N2CCCC2)cc1. The summed E-state index contributed by atoms with van der Waals surface area (Å²) in [5.41, 5.74) is 1.96. The van der Waals surface area contributed by atoms with Crippen LogP contribution in [0.25, 0.3) is 0 Å². The number of nitrogens with one attached hydrogen (secondary N) is 1. The van der Waals surface area contributed by atoms with E-state index in [2.05, 4.69) is 10.2 Å². The molecule has 120 valence electrons. The molecule has 1 atom stereocenters. The van der Waals surface area contributed by atoms with Crippen LogP contribution in [0.15, 0.2) is 24.3 Å². The van der Waals surface area contributed by atoms with Gasteiger partial charge in [-0.25, -0.2) is 8.42 Å². The first-order valence-electron chi connectivity index (χ1n) is 7.87. The van der Waals surface area contributed by atoms with E-state index in [4.69, 9.17) is 0 Å². The normalized spacial score (nSPS) is 23.6. The Labute approximate surface area is 131 Å². The van der Waals surface area contributed by atoms with Crippen LogP contribution in [-0.4, -0.2) is 38.9 Å². The van der Waals surface area contributed by atoms with Crippen molar-refractivity contribution in [2.75, 3.05) is 34.8 Å². The number of sulfone groups is 1. The standard InChI is InChI=1S/C16H22N2O3S/c19-16(11-13-7-10-22(20,21)12-13)17-14-3-5-15(6-4-14)18-8-1-2-9-18/h3-6,13H,1-2,7-12H2,(H,17,19)/t13-/m0/s1. The van der Waals surface area contributed by atoms with Gasteiger partial charge in [0.2, 0.25) is 5.91 Å². The Morgan fingerprint density at radius 1 is 1.18 bits per heavy atom. The molecule has 1 amide bonds. The molecule has 0 bridgehead atoms. The highest BCUT2D eigenvalue weighted by Crippen LogP contribution is 2.24. The molecule has 0 saturated carbocycles. The quantitative estimate of drug-likeness (QED) is 0.921. The van der Waals surface area contributed by atoms with Crippen LogP contribution in [0.2, 0.25) is 0 Å². The predicted octanol–water partition coefficient (Wildman–Crippen LogP) is 2.05. The number of carbonyl (C=O) groups excluding carboxylic acids is 1. The lowest BCUT2D eigenvalue weighted by molar-refractivity contribution is -0.116. The van der Waals surface area contributed by atoms with Crippen molar-refractivity contribution in [3.63, 3.8) is 0 Å². The molecular formula is C16H22N2O3S. The van der Waals surface area contributed by atoms with Gasteiger partial charge in [-0.1, -0.05) is 0 Å². The fraction of sp³-hybridized carbons (Fsp3) is 0.562. The molecule has 22 heavy (non-hydrogen) atoms. The second-order valence-electron chi connectivity index (χ2n) is 6.26. The molecule has 2 heterocycles. The van der Waals surface area contributed by atoms with Crippen LogP contribution in [0, 0.1) is 5.92 Å². The van der Waals surface area contributed by atoms with Gasteiger partial charge in [0.15, 0.2) is 9.84 Å². The topological polar surface area (TPSA) is 66.5 Å². The van der Waals surface area contributed by atoms with E-state index in [0.717, 1.165) is 18.8 Å². The Kier molecular flexibility index (Phi) is 4.38. The Bertz CT molecular complexity index is 634. The lowest BCUT2D eigenvalue weighted by Crippen LogP contribution is -2.18. The molecule has 0 unspecified atom stereocenters. The number of benzene rings is 1. The zero-order chi connectivity index (χ0) is 15.6. The predicted molar refractivity (Wildman–Crippen MR) is 87.9 cm³/mol. The van der Waals surface area contributed by atoms with Gasteiger partial charge in [0.1, 0.15) is 0 Å². The average Bonchev–Trinajstić information content (AvgIpc) is 3.09. The second kappa shape index (κ2) is 6.28. The first-order valence-corrected chi connectivity index (χ1v) is 9.69. The number of carbonyl (C=O) groups is 1. The first-order chi connectivity index (χ1) is 10.5. The molecular weight excluding hydrogens is 300 g/mol. The second-order valence-corrected chi connectivity index (χ2v) is 8.49. The third kappa shape index (κ3) is 3.80. The maximum Gasteiger partial charge on any atom is 0.224 e. The summed E-state index contributed by atoms with van der Waals surface area (Å²) in [5, 5.41) is 2.86. The minimum absolute atomic E-state index is 0.0335. The van der Waals surface area contributed by atoms with Gasteiger partial charge in [0.25, 0.3) is 0 Å². The van der Waals surface area contributed by atoms with E-state index >= 15 is 0 Å². The Hall–Kier alpha value is -1.56. The minimum atomic E-state index is -2.91. The summed E-state index contributed by atoms with van der Waals surface area (Å²) in [6.07, 6.45) is 3.36. The van der Waals surface area contributed by atoms with Gasteiger partial charge in [-0.05, 0) is 49.4 Å². The van der Waals surface area contributed by atoms with Crippen molar-refractivity contribution in [1.82, 2.24) is 0 Å². The molecule has 0 aliphatic carbocycles. The zero-order valence-corrected chi connectivity index (χ0v) is 13.4. The lowest BCUT2D eigenvalue weighted by Gasteiger charge is -2.18. The van der Waals surface area contributed by atoms with Gasteiger partial charge in [-0.2, -0.15) is 0 Å². The van der Waals surface area contributed by atoms with Crippen molar-refractivity contribution in [2.24, 2.45) is 5.92 Å². The highest BCUT2D eigenvalue weighted by Gasteiger charge is 2.29. The van der Waals surface area contributed by atoms with Crippen molar-refractivity contribution >= 4 is 27.1 Å². The molecule has 6 heteroatoms. The summed E-state index contributed by atoms with van der Waals surface area (Å²) in [5.74, 6) is 0.231. The van der Waals surface area contributed by atoms with Gasteiger partial charge >= 0.3 is 0 Å². The van der Waals surface area contributed by atoms with Crippen LogP contribution in [-0.2, 0) is 14.6 Å². The van der Waals surface area contributed by atoms with Crippen molar-refractivity contribution in [2.45, 2.75) is 25.7 Å². The van der Waals surface area contributed by atoms with Gasteiger partial charge in [-0.3, -0.25) is 4.79 Å². The van der Waals surface area contributed by atoms with Crippen LogP contribution in [0.4, 0.5) is 11.4 Å². The number of amides is 1. The molecule has 1 N–H and O–H groups in total. The van der Waals surface area contributed by atoms with Crippen LogP contribution in [0.3, 0.4) is 0 Å². The highest BCUT2D eigenvalue weighted by molar-refractivity contribution is 7.91. The molecule has 0 radical (unpaired) electrons. The molecule has 5 nitrogen and oxygen atoms in total. The highest BCUT2D eigenvalue weighted by atomic mass is 32.2. The molecule has 0 aromatic heterocycles. The molecule has 0 spiro atoms. The molecule has 2 aliphatic rings. The number of nitrogens with zero attached hydrogens (tertiary/aromatic N) is 1. The van der Waals surface area contributed by atoms with Crippen molar-refractivity contribution in [1.29, 1.82) is 0 Å². The maximum atomic E-state index is 12.0. The molecule has 2 fully saturated rings. The van der Waals surface area contributed by atoms with Crippen molar-refractivity contribution in [3.8, 4) is 0 Å². The Balaban J connectivity index is 1.53. The minimum Gasteiger partial charge on any atom is -0.372 e. The van der Waals surface area contributed by atoms with E-state index < -0.39 is 9.84 Å². The smallest absolute Gasteiger partial charge is 0.224 e. The third-order valence-corrected chi connectivity index (χ3v) is 6.26. The van der Waals surface area contributed by atoms with Crippen LogP contribution in [0.5, 0.6) is 0 Å². The maximum absolute atomic E-state index is 12.0. The van der Waals surface area contributed by atoms with E-state index in [1.54, 1.807) is 0 Å². The lowest BCUT2D eigenvalue weighted by atomic mass is 10.1. The molecule has 2 aliphatic heterocycles. The third-order valence-electron chi connectivity index (χ3n) is 4.42. The largest absolute Gasteiger partial charge is 0.372 e. The molecule has 2 saturated heterocycles.